The second kappa shape index (κ2) is 4.88. The van der Waals surface area contributed by atoms with E-state index >= 15 is 0 Å². The van der Waals surface area contributed by atoms with Gasteiger partial charge < -0.3 is 14.2 Å². The molecule has 0 unspecified atom stereocenters. The largest absolute Gasteiger partial charge is 0.490 e. The van der Waals surface area contributed by atoms with E-state index in [1.165, 1.54) is 0 Å². The van der Waals surface area contributed by atoms with E-state index in [0.29, 0.717) is 30.3 Å². The van der Waals surface area contributed by atoms with Crippen LogP contribution in [0.25, 0.3) is 0 Å². The van der Waals surface area contributed by atoms with Crippen LogP contribution in [0.15, 0.2) is 18.2 Å². The van der Waals surface area contributed by atoms with E-state index in [1.54, 1.807) is 18.2 Å². The highest BCUT2D eigenvalue weighted by Crippen LogP contribution is 2.30. The molecule has 0 saturated carbocycles. The van der Waals surface area contributed by atoms with E-state index in [2.05, 4.69) is 0 Å². The van der Waals surface area contributed by atoms with Gasteiger partial charge >= 0.3 is 5.97 Å². The van der Waals surface area contributed by atoms with Crippen molar-refractivity contribution in [1.82, 2.24) is 0 Å². The number of hydrogen-bond acceptors (Lipinski definition) is 4. The summed E-state index contributed by atoms with van der Waals surface area (Å²) in [5.74, 6) is 0.939. The predicted octanol–water partition coefficient (Wildman–Crippen LogP) is 2.80. The number of rotatable bonds is 1. The average Bonchev–Trinajstić information content (AvgIpc) is 2.50. The zero-order chi connectivity index (χ0) is 13.2. The van der Waals surface area contributed by atoms with Gasteiger partial charge in [0.05, 0.1) is 18.8 Å². The normalized spacial score (nSPS) is 14.8. The molecule has 18 heavy (non-hydrogen) atoms. The maximum absolute atomic E-state index is 11.9. The average molecular weight is 250 g/mol. The Balaban J connectivity index is 2.20. The quantitative estimate of drug-likeness (QED) is 0.719. The van der Waals surface area contributed by atoms with E-state index < -0.39 is 5.60 Å². The van der Waals surface area contributed by atoms with E-state index in [-0.39, 0.29) is 5.97 Å². The van der Waals surface area contributed by atoms with Crippen LogP contribution in [0.5, 0.6) is 11.5 Å². The molecule has 1 aliphatic heterocycles. The lowest BCUT2D eigenvalue weighted by Crippen LogP contribution is -2.23. The molecule has 4 nitrogen and oxygen atoms in total. The summed E-state index contributed by atoms with van der Waals surface area (Å²) in [6.07, 6.45) is 0.844. The fourth-order valence-electron chi connectivity index (χ4n) is 1.63. The van der Waals surface area contributed by atoms with Crippen LogP contribution in [-0.2, 0) is 4.74 Å². The number of ether oxygens (including phenoxy) is 3. The minimum atomic E-state index is -0.499. The molecule has 0 amide bonds. The molecule has 1 aromatic rings. The third-order valence-corrected chi connectivity index (χ3v) is 2.38. The topological polar surface area (TPSA) is 44.8 Å². The maximum atomic E-state index is 11.9. The van der Waals surface area contributed by atoms with Gasteiger partial charge in [-0.1, -0.05) is 0 Å². The van der Waals surface area contributed by atoms with Crippen molar-refractivity contribution in [1.29, 1.82) is 0 Å². The summed E-state index contributed by atoms with van der Waals surface area (Å²) < 4.78 is 16.4. The third-order valence-electron chi connectivity index (χ3n) is 2.38. The number of esters is 1. The van der Waals surface area contributed by atoms with Gasteiger partial charge in [-0.3, -0.25) is 0 Å². The Morgan fingerprint density at radius 1 is 1.17 bits per heavy atom. The molecule has 1 aliphatic rings. The first kappa shape index (κ1) is 12.7. The molecule has 0 atom stereocenters. The fourth-order valence-corrected chi connectivity index (χ4v) is 1.63. The lowest BCUT2D eigenvalue weighted by atomic mass is 10.1. The van der Waals surface area contributed by atoms with E-state index in [0.717, 1.165) is 6.42 Å². The van der Waals surface area contributed by atoms with Crippen LogP contribution < -0.4 is 9.47 Å². The number of hydrogen-bond donors (Lipinski definition) is 0. The molecule has 4 heteroatoms. The summed E-state index contributed by atoms with van der Waals surface area (Å²) in [6, 6.07) is 5.12. The van der Waals surface area contributed by atoms with Gasteiger partial charge in [-0.15, -0.1) is 0 Å². The Kier molecular flexibility index (Phi) is 3.45. The van der Waals surface area contributed by atoms with Crippen molar-refractivity contribution in [3.05, 3.63) is 23.8 Å². The molecule has 98 valence electrons. The Morgan fingerprint density at radius 3 is 2.50 bits per heavy atom. The minimum Gasteiger partial charge on any atom is -0.490 e. The molecule has 2 rings (SSSR count). The number of carbonyl (C=O) groups is 1. The van der Waals surface area contributed by atoms with Crippen molar-refractivity contribution >= 4 is 5.97 Å². The number of carbonyl (C=O) groups excluding carboxylic acids is 1. The molecule has 0 aromatic heterocycles. The molecule has 0 spiro atoms. The first-order valence-corrected chi connectivity index (χ1v) is 6.09. The van der Waals surface area contributed by atoms with Gasteiger partial charge in [-0.25, -0.2) is 4.79 Å². The van der Waals surface area contributed by atoms with E-state index in [9.17, 15) is 4.79 Å². The second-order valence-corrected chi connectivity index (χ2v) is 5.21. The van der Waals surface area contributed by atoms with Gasteiger partial charge in [-0.05, 0) is 39.0 Å². The first-order valence-electron chi connectivity index (χ1n) is 6.09. The molecule has 0 radical (unpaired) electrons. The van der Waals surface area contributed by atoms with Crippen molar-refractivity contribution in [3.8, 4) is 11.5 Å². The molecule has 0 N–H and O–H groups in total. The standard InChI is InChI=1S/C14H18O4/c1-14(2,3)18-13(15)10-5-6-11-12(9-10)17-8-4-7-16-11/h5-6,9H,4,7-8H2,1-3H3. The Labute approximate surface area is 107 Å². The van der Waals surface area contributed by atoms with Crippen LogP contribution in [0.3, 0.4) is 0 Å². The molecule has 1 aromatic carbocycles. The van der Waals surface area contributed by atoms with Gasteiger partial charge in [0.25, 0.3) is 0 Å². The van der Waals surface area contributed by atoms with Crippen LogP contribution in [0.2, 0.25) is 0 Å². The van der Waals surface area contributed by atoms with Gasteiger partial charge in [0.15, 0.2) is 11.5 Å². The second-order valence-electron chi connectivity index (χ2n) is 5.21. The molecule has 0 fully saturated rings. The molecular formula is C14H18O4. The molecule has 0 saturated heterocycles. The van der Waals surface area contributed by atoms with Crippen LogP contribution in [-0.4, -0.2) is 24.8 Å². The third kappa shape index (κ3) is 3.15. The highest BCUT2D eigenvalue weighted by molar-refractivity contribution is 5.90. The van der Waals surface area contributed by atoms with E-state index in [1.807, 2.05) is 20.8 Å². The molecular weight excluding hydrogens is 232 g/mol. The van der Waals surface area contributed by atoms with Crippen LogP contribution in [0.1, 0.15) is 37.6 Å². The van der Waals surface area contributed by atoms with Gasteiger partial charge in [0.2, 0.25) is 0 Å². The van der Waals surface area contributed by atoms with Crippen molar-refractivity contribution in [2.24, 2.45) is 0 Å². The van der Waals surface area contributed by atoms with Crippen molar-refractivity contribution < 1.29 is 19.0 Å². The van der Waals surface area contributed by atoms with Gasteiger partial charge in [-0.2, -0.15) is 0 Å². The predicted molar refractivity (Wildman–Crippen MR) is 67.2 cm³/mol. The van der Waals surface area contributed by atoms with E-state index in [4.69, 9.17) is 14.2 Å². The summed E-state index contributed by atoms with van der Waals surface area (Å²) in [4.78, 5) is 11.9. The highest BCUT2D eigenvalue weighted by Gasteiger charge is 2.20. The summed E-state index contributed by atoms with van der Waals surface area (Å²) in [7, 11) is 0. The van der Waals surface area contributed by atoms with Crippen molar-refractivity contribution in [3.63, 3.8) is 0 Å². The molecule has 1 heterocycles. The van der Waals surface area contributed by atoms with Crippen LogP contribution in [0, 0.1) is 0 Å². The Hall–Kier alpha value is -1.71. The first-order chi connectivity index (χ1) is 8.46. The Morgan fingerprint density at radius 2 is 1.83 bits per heavy atom. The maximum Gasteiger partial charge on any atom is 0.338 e. The summed E-state index contributed by atoms with van der Waals surface area (Å²) >= 11 is 0. The smallest absolute Gasteiger partial charge is 0.338 e. The Bertz CT molecular complexity index is 446. The summed E-state index contributed by atoms with van der Waals surface area (Å²) in [5, 5.41) is 0. The lowest BCUT2D eigenvalue weighted by Gasteiger charge is -2.19. The minimum absolute atomic E-state index is 0.349. The van der Waals surface area contributed by atoms with Crippen LogP contribution >= 0.6 is 0 Å². The zero-order valence-corrected chi connectivity index (χ0v) is 11.0. The zero-order valence-electron chi connectivity index (χ0n) is 11.0. The molecule has 0 bridgehead atoms. The highest BCUT2D eigenvalue weighted by atomic mass is 16.6. The summed E-state index contributed by atoms with van der Waals surface area (Å²) in [5.41, 5.74) is -0.0181. The van der Waals surface area contributed by atoms with Gasteiger partial charge in [0, 0.05) is 6.42 Å². The van der Waals surface area contributed by atoms with Crippen LogP contribution in [0.4, 0.5) is 0 Å². The number of fused-ring (bicyclic) bond motifs is 1. The van der Waals surface area contributed by atoms with Gasteiger partial charge in [0.1, 0.15) is 5.60 Å². The summed E-state index contributed by atoms with van der Waals surface area (Å²) in [6.45, 7) is 6.76. The SMILES string of the molecule is CC(C)(C)OC(=O)c1ccc2c(c1)OCCCO2. The van der Waals surface area contributed by atoms with Crippen molar-refractivity contribution in [2.75, 3.05) is 13.2 Å². The lowest BCUT2D eigenvalue weighted by molar-refractivity contribution is 0.00691. The molecule has 0 aliphatic carbocycles. The fraction of sp³-hybridized carbons (Fsp3) is 0.500. The van der Waals surface area contributed by atoms with Crippen molar-refractivity contribution in [2.45, 2.75) is 32.8 Å². The monoisotopic (exact) mass is 250 g/mol. The number of benzene rings is 1.